The third-order valence-corrected chi connectivity index (χ3v) is 3.04. The van der Waals surface area contributed by atoms with Crippen LogP contribution in [0.2, 0.25) is 0 Å². The molecule has 0 aliphatic carbocycles. The van der Waals surface area contributed by atoms with Crippen molar-refractivity contribution in [3.63, 3.8) is 0 Å². The number of benzene rings is 1. The molecule has 0 fully saturated rings. The van der Waals surface area contributed by atoms with E-state index in [2.05, 4.69) is 0 Å². The average molecular weight is 247 g/mol. The molecular formula is C7H8F2NNaO3S. The van der Waals surface area contributed by atoms with Gasteiger partial charge in [-0.1, -0.05) is 12.1 Å². The molecule has 0 spiro atoms. The molecule has 1 aromatic carbocycles. The normalized spacial score (nSPS) is 14.8. The molecule has 0 radical (unpaired) electrons. The zero-order valence-corrected chi connectivity index (χ0v) is 7.58. The molecule has 4 nitrogen and oxygen atoms in total. The van der Waals surface area contributed by atoms with Gasteiger partial charge < -0.3 is 0 Å². The van der Waals surface area contributed by atoms with Gasteiger partial charge in [0.25, 0.3) is 15.9 Å². The van der Waals surface area contributed by atoms with Gasteiger partial charge in [0.2, 0.25) is 0 Å². The molecule has 0 unspecified atom stereocenters. The maximum atomic E-state index is 11.1. The first kappa shape index (κ1) is 16.9. The Labute approximate surface area is 107 Å². The van der Waals surface area contributed by atoms with Crippen LogP contribution in [0.3, 0.4) is 0 Å². The van der Waals surface area contributed by atoms with E-state index in [-0.39, 0.29) is 49.4 Å². The Balaban J connectivity index is 0. The minimum absolute atomic E-state index is 0. The molecule has 1 aromatic rings. The Kier molecular flexibility index (Phi) is 6.25. The Bertz CT molecular complexity index is 463. The predicted octanol–water partition coefficient (Wildman–Crippen LogP) is -0.225. The number of amides is 1. The predicted molar refractivity (Wildman–Crippen MR) is 53.2 cm³/mol. The topological polar surface area (TPSA) is 63.2 Å². The maximum absolute atomic E-state index is 11.1. The van der Waals surface area contributed by atoms with Crippen LogP contribution in [-0.4, -0.2) is 43.9 Å². The fraction of sp³-hybridized carbons (Fsp3) is 0. The van der Waals surface area contributed by atoms with Crippen LogP contribution in [0.25, 0.3) is 0 Å². The molecule has 0 atom stereocenters. The fourth-order valence-electron chi connectivity index (χ4n) is 1.12. The molecule has 0 saturated carbocycles. The Hall–Kier alpha value is -0.500. The van der Waals surface area contributed by atoms with Crippen molar-refractivity contribution >= 4 is 45.5 Å². The van der Waals surface area contributed by atoms with E-state index >= 15 is 0 Å². The first-order valence-corrected chi connectivity index (χ1v) is 4.76. The van der Waals surface area contributed by atoms with Gasteiger partial charge in [-0.25, -0.2) is 13.1 Å². The molecule has 0 bridgehead atoms. The molecule has 0 aromatic heterocycles. The molecule has 1 amide bonds. The molecule has 15 heavy (non-hydrogen) atoms. The summed E-state index contributed by atoms with van der Waals surface area (Å²) < 4.78 is 24.2. The van der Waals surface area contributed by atoms with Gasteiger partial charge in [-0.2, -0.15) is 0 Å². The third-order valence-electron chi connectivity index (χ3n) is 1.65. The summed E-state index contributed by atoms with van der Waals surface area (Å²) in [6, 6.07) is 6.09. The summed E-state index contributed by atoms with van der Waals surface area (Å²) in [5.41, 5.74) is 0.220. The van der Waals surface area contributed by atoms with Crippen LogP contribution in [0.15, 0.2) is 29.2 Å². The van der Waals surface area contributed by atoms with E-state index in [9.17, 15) is 13.2 Å². The van der Waals surface area contributed by atoms with Gasteiger partial charge in [-0.15, -0.1) is 0 Å². The van der Waals surface area contributed by atoms with Gasteiger partial charge in [0, 0.05) is 0 Å². The van der Waals surface area contributed by atoms with Gasteiger partial charge >= 0.3 is 29.6 Å². The van der Waals surface area contributed by atoms with Crippen molar-refractivity contribution in [1.82, 2.24) is 4.72 Å². The summed E-state index contributed by atoms with van der Waals surface area (Å²) in [6.07, 6.45) is 0. The van der Waals surface area contributed by atoms with Crippen LogP contribution in [0, 0.1) is 0 Å². The number of sulfonamides is 1. The molecule has 1 aliphatic heterocycles. The van der Waals surface area contributed by atoms with E-state index < -0.39 is 15.9 Å². The third kappa shape index (κ3) is 2.75. The van der Waals surface area contributed by atoms with Crippen molar-refractivity contribution in [2.45, 2.75) is 4.90 Å². The van der Waals surface area contributed by atoms with Crippen LogP contribution in [0.4, 0.5) is 9.41 Å². The van der Waals surface area contributed by atoms with Gasteiger partial charge in [-0.3, -0.25) is 14.2 Å². The second kappa shape index (κ2) is 5.55. The van der Waals surface area contributed by atoms with Crippen LogP contribution < -0.4 is 4.72 Å². The van der Waals surface area contributed by atoms with E-state index in [1.807, 2.05) is 4.72 Å². The summed E-state index contributed by atoms with van der Waals surface area (Å²) in [5.74, 6) is -0.550. The van der Waals surface area contributed by atoms with Gasteiger partial charge in [-0.05, 0) is 12.1 Å². The summed E-state index contributed by atoms with van der Waals surface area (Å²) >= 11 is 0. The number of fused-ring (bicyclic) bond motifs is 1. The molecule has 1 heterocycles. The van der Waals surface area contributed by atoms with E-state index in [1.54, 1.807) is 12.1 Å². The molecule has 8 heteroatoms. The van der Waals surface area contributed by atoms with Crippen molar-refractivity contribution < 1.29 is 22.6 Å². The fourth-order valence-corrected chi connectivity index (χ4v) is 2.29. The van der Waals surface area contributed by atoms with E-state index in [0.717, 1.165) is 0 Å². The van der Waals surface area contributed by atoms with Crippen molar-refractivity contribution in [1.29, 1.82) is 0 Å². The second-order valence-electron chi connectivity index (χ2n) is 2.43. The van der Waals surface area contributed by atoms with Crippen LogP contribution in [-0.2, 0) is 10.0 Å². The SMILES string of the molecule is F.F.O=C1NS(=O)(=O)c2ccccc21.[NaH]. The average Bonchev–Trinajstić information content (AvgIpc) is 2.25. The van der Waals surface area contributed by atoms with Crippen molar-refractivity contribution in [2.75, 3.05) is 0 Å². The van der Waals surface area contributed by atoms with Crippen molar-refractivity contribution in [3.8, 4) is 0 Å². The number of carbonyl (C=O) groups excluding carboxylic acids is 1. The Morgan fingerprint density at radius 3 is 2.13 bits per heavy atom. The number of halogens is 2. The quantitative estimate of drug-likeness (QED) is 0.644. The van der Waals surface area contributed by atoms with Crippen LogP contribution >= 0.6 is 0 Å². The molecular weight excluding hydrogens is 239 g/mol. The van der Waals surface area contributed by atoms with Gasteiger partial charge in [0.1, 0.15) is 4.90 Å². The second-order valence-corrected chi connectivity index (χ2v) is 4.08. The first-order chi connectivity index (χ1) is 5.61. The van der Waals surface area contributed by atoms with Crippen LogP contribution in [0.1, 0.15) is 10.4 Å². The number of hydrogen-bond donors (Lipinski definition) is 1. The summed E-state index contributed by atoms with van der Waals surface area (Å²) in [6.45, 7) is 0. The Morgan fingerprint density at radius 1 is 1.07 bits per heavy atom. The zero-order valence-electron chi connectivity index (χ0n) is 6.76. The standard InChI is InChI=1S/C7H5NO3S.2FH.Na.H/c9-7-5-3-1-2-4-6(5)12(10,11)8-7;;;;/h1-4H,(H,8,9);2*1H;;. The Morgan fingerprint density at radius 2 is 1.60 bits per heavy atom. The minimum atomic E-state index is -3.55. The van der Waals surface area contributed by atoms with Crippen LogP contribution in [0.5, 0.6) is 0 Å². The van der Waals surface area contributed by atoms with E-state index in [0.29, 0.717) is 0 Å². The van der Waals surface area contributed by atoms with Gasteiger partial charge in [0.15, 0.2) is 0 Å². The number of nitrogens with one attached hydrogen (secondary N) is 1. The monoisotopic (exact) mass is 247 g/mol. The number of hydrogen-bond acceptors (Lipinski definition) is 3. The molecule has 80 valence electrons. The zero-order chi connectivity index (χ0) is 8.77. The summed E-state index contributed by atoms with van der Waals surface area (Å²) in [4.78, 5) is 11.1. The van der Waals surface area contributed by atoms with E-state index in [4.69, 9.17) is 0 Å². The first-order valence-electron chi connectivity index (χ1n) is 3.27. The molecule has 0 saturated heterocycles. The number of carbonyl (C=O) groups is 1. The molecule has 1 N–H and O–H groups in total. The van der Waals surface area contributed by atoms with Gasteiger partial charge in [0.05, 0.1) is 5.56 Å². The number of rotatable bonds is 0. The van der Waals surface area contributed by atoms with Crippen molar-refractivity contribution in [2.24, 2.45) is 0 Å². The van der Waals surface area contributed by atoms with E-state index in [1.165, 1.54) is 12.1 Å². The summed E-state index contributed by atoms with van der Waals surface area (Å²) in [7, 11) is -3.55. The molecule has 2 rings (SSSR count). The van der Waals surface area contributed by atoms with Crippen molar-refractivity contribution in [3.05, 3.63) is 29.8 Å². The molecule has 1 aliphatic rings. The summed E-state index contributed by atoms with van der Waals surface area (Å²) in [5, 5.41) is 0.